The molecule has 0 aromatic rings. The van der Waals surface area contributed by atoms with E-state index in [4.69, 9.17) is 25.5 Å². The summed E-state index contributed by atoms with van der Waals surface area (Å²) in [6.45, 7) is -0.684. The molecule has 0 aliphatic heterocycles. The highest BCUT2D eigenvalue weighted by atomic mass is 16.4. The zero-order valence-electron chi connectivity index (χ0n) is 7.30. The molecule has 6 heteroatoms. The third-order valence-electron chi connectivity index (χ3n) is 1.46. The summed E-state index contributed by atoms with van der Waals surface area (Å²) < 4.78 is 0. The van der Waals surface area contributed by atoms with Crippen molar-refractivity contribution in [2.45, 2.75) is 12.2 Å². The van der Waals surface area contributed by atoms with E-state index < -0.39 is 30.3 Å². The molecule has 0 saturated carbocycles. The SMILES string of the molecule is CNCC(O)/C(O)=C(\O)C(O)CO. The van der Waals surface area contributed by atoms with Crippen molar-refractivity contribution in [2.24, 2.45) is 0 Å². The Kier molecular flexibility index (Phi) is 5.40. The molecule has 0 aliphatic carbocycles. The Bertz CT molecular complexity index is 182. The van der Waals surface area contributed by atoms with Crippen LogP contribution in [0, 0.1) is 0 Å². The molecule has 2 atom stereocenters. The van der Waals surface area contributed by atoms with Crippen LogP contribution < -0.4 is 5.32 Å². The second-order valence-corrected chi connectivity index (χ2v) is 2.54. The number of aliphatic hydroxyl groups is 5. The van der Waals surface area contributed by atoms with Crippen LogP contribution in [-0.4, -0.2) is 57.9 Å². The van der Waals surface area contributed by atoms with Crippen molar-refractivity contribution in [3.05, 3.63) is 11.5 Å². The Morgan fingerprint density at radius 1 is 1.15 bits per heavy atom. The molecule has 0 heterocycles. The van der Waals surface area contributed by atoms with E-state index in [1.165, 1.54) is 0 Å². The standard InChI is InChI=1S/C7H15NO5/c1-8-2-4(10)6(12)7(13)5(11)3-9/h4-5,8-13H,2-3H2,1H3/b7-6+. The first kappa shape index (κ1) is 12.2. The summed E-state index contributed by atoms with van der Waals surface area (Å²) in [5, 5.41) is 47.1. The summed E-state index contributed by atoms with van der Waals surface area (Å²) in [6.07, 6.45) is -2.86. The van der Waals surface area contributed by atoms with Crippen molar-refractivity contribution in [3.63, 3.8) is 0 Å². The summed E-state index contributed by atoms with van der Waals surface area (Å²) in [5.41, 5.74) is 0. The molecule has 0 aromatic carbocycles. The van der Waals surface area contributed by atoms with Gasteiger partial charge in [-0.05, 0) is 7.05 Å². The van der Waals surface area contributed by atoms with Crippen molar-refractivity contribution in [1.29, 1.82) is 0 Å². The van der Waals surface area contributed by atoms with Crippen LogP contribution in [0.5, 0.6) is 0 Å². The normalized spacial score (nSPS) is 17.8. The number of hydrogen-bond donors (Lipinski definition) is 6. The molecule has 0 bridgehead atoms. The molecule has 78 valence electrons. The Morgan fingerprint density at radius 2 is 1.62 bits per heavy atom. The van der Waals surface area contributed by atoms with Gasteiger partial charge in [0.15, 0.2) is 11.5 Å². The summed E-state index contributed by atoms with van der Waals surface area (Å²) in [6, 6.07) is 0. The molecule has 0 fully saturated rings. The molecule has 0 rings (SSSR count). The molecular formula is C7H15NO5. The lowest BCUT2D eigenvalue weighted by atomic mass is 10.2. The van der Waals surface area contributed by atoms with E-state index in [2.05, 4.69) is 5.32 Å². The lowest BCUT2D eigenvalue weighted by molar-refractivity contribution is 0.0659. The van der Waals surface area contributed by atoms with Crippen molar-refractivity contribution >= 4 is 0 Å². The van der Waals surface area contributed by atoms with Crippen molar-refractivity contribution in [2.75, 3.05) is 20.2 Å². The minimum absolute atomic E-state index is 0.0358. The van der Waals surface area contributed by atoms with E-state index in [0.29, 0.717) is 0 Å². The highest BCUT2D eigenvalue weighted by Gasteiger charge is 2.19. The largest absolute Gasteiger partial charge is 0.506 e. The number of rotatable bonds is 5. The van der Waals surface area contributed by atoms with Crippen LogP contribution in [0.2, 0.25) is 0 Å². The van der Waals surface area contributed by atoms with Gasteiger partial charge in [-0.25, -0.2) is 0 Å². The molecule has 6 nitrogen and oxygen atoms in total. The first-order valence-electron chi connectivity index (χ1n) is 3.78. The predicted octanol–water partition coefficient (Wildman–Crippen LogP) is -1.75. The molecule has 13 heavy (non-hydrogen) atoms. The smallest absolute Gasteiger partial charge is 0.163 e. The summed E-state index contributed by atoms with van der Waals surface area (Å²) >= 11 is 0. The van der Waals surface area contributed by atoms with Crippen LogP contribution in [-0.2, 0) is 0 Å². The van der Waals surface area contributed by atoms with Gasteiger partial charge in [0.05, 0.1) is 6.61 Å². The number of hydrogen-bond acceptors (Lipinski definition) is 6. The van der Waals surface area contributed by atoms with Crippen LogP contribution in [0.15, 0.2) is 11.5 Å². The second kappa shape index (κ2) is 5.76. The van der Waals surface area contributed by atoms with E-state index in [-0.39, 0.29) is 6.54 Å². The molecular weight excluding hydrogens is 178 g/mol. The maximum absolute atomic E-state index is 9.11. The zero-order chi connectivity index (χ0) is 10.4. The second-order valence-electron chi connectivity index (χ2n) is 2.54. The molecule has 0 spiro atoms. The topological polar surface area (TPSA) is 113 Å². The highest BCUT2D eigenvalue weighted by molar-refractivity contribution is 5.08. The maximum Gasteiger partial charge on any atom is 0.163 e. The quantitative estimate of drug-likeness (QED) is 0.289. The summed E-state index contributed by atoms with van der Waals surface area (Å²) in [5.74, 6) is -1.55. The lowest BCUT2D eigenvalue weighted by Crippen LogP contribution is -2.29. The molecule has 2 unspecified atom stereocenters. The first-order chi connectivity index (χ1) is 6.04. The van der Waals surface area contributed by atoms with Crippen molar-refractivity contribution < 1.29 is 25.5 Å². The van der Waals surface area contributed by atoms with E-state index in [1.54, 1.807) is 7.05 Å². The monoisotopic (exact) mass is 193 g/mol. The van der Waals surface area contributed by atoms with Crippen LogP contribution in [0.3, 0.4) is 0 Å². The van der Waals surface area contributed by atoms with Gasteiger partial charge in [0.2, 0.25) is 0 Å². The molecule has 0 saturated heterocycles. The minimum Gasteiger partial charge on any atom is -0.506 e. The molecule has 0 aliphatic rings. The number of aliphatic hydroxyl groups excluding tert-OH is 5. The Hall–Kier alpha value is -0.820. The molecule has 0 radical (unpaired) electrons. The van der Waals surface area contributed by atoms with Gasteiger partial charge >= 0.3 is 0 Å². The van der Waals surface area contributed by atoms with Gasteiger partial charge in [-0.1, -0.05) is 0 Å². The molecule has 0 amide bonds. The fraction of sp³-hybridized carbons (Fsp3) is 0.714. The average molecular weight is 193 g/mol. The van der Waals surface area contributed by atoms with Gasteiger partial charge in [-0.15, -0.1) is 0 Å². The summed E-state index contributed by atoms with van der Waals surface area (Å²) in [7, 11) is 1.55. The molecule has 0 aromatic heterocycles. The van der Waals surface area contributed by atoms with Crippen molar-refractivity contribution in [1.82, 2.24) is 5.32 Å². The minimum atomic E-state index is -1.56. The average Bonchev–Trinajstić information content (AvgIpc) is 2.14. The van der Waals surface area contributed by atoms with Crippen LogP contribution >= 0.6 is 0 Å². The van der Waals surface area contributed by atoms with Crippen LogP contribution in [0.25, 0.3) is 0 Å². The van der Waals surface area contributed by atoms with Gasteiger partial charge in [-0.2, -0.15) is 0 Å². The third-order valence-corrected chi connectivity index (χ3v) is 1.46. The maximum atomic E-state index is 9.11. The zero-order valence-corrected chi connectivity index (χ0v) is 7.30. The predicted molar refractivity (Wildman–Crippen MR) is 45.3 cm³/mol. The number of likely N-dealkylation sites (N-methyl/N-ethyl adjacent to an activating group) is 1. The van der Waals surface area contributed by atoms with Gasteiger partial charge in [0, 0.05) is 6.54 Å². The highest BCUT2D eigenvalue weighted by Crippen LogP contribution is 2.07. The van der Waals surface area contributed by atoms with Gasteiger partial charge in [0.25, 0.3) is 0 Å². The summed E-state index contributed by atoms with van der Waals surface area (Å²) in [4.78, 5) is 0. The van der Waals surface area contributed by atoms with Gasteiger partial charge in [0.1, 0.15) is 12.2 Å². The third kappa shape index (κ3) is 3.60. The molecule has 6 N–H and O–H groups in total. The number of nitrogens with one attached hydrogen (secondary N) is 1. The van der Waals surface area contributed by atoms with Crippen LogP contribution in [0.4, 0.5) is 0 Å². The van der Waals surface area contributed by atoms with Gasteiger partial charge < -0.3 is 30.8 Å². The van der Waals surface area contributed by atoms with E-state index in [0.717, 1.165) is 0 Å². The first-order valence-corrected chi connectivity index (χ1v) is 3.78. The van der Waals surface area contributed by atoms with E-state index in [9.17, 15) is 0 Å². The fourth-order valence-corrected chi connectivity index (χ4v) is 0.718. The fourth-order valence-electron chi connectivity index (χ4n) is 0.718. The Labute approximate surface area is 75.8 Å². The van der Waals surface area contributed by atoms with Gasteiger partial charge in [-0.3, -0.25) is 0 Å². The Morgan fingerprint density at radius 3 is 2.00 bits per heavy atom. The van der Waals surface area contributed by atoms with E-state index in [1.807, 2.05) is 0 Å². The lowest BCUT2D eigenvalue weighted by Gasteiger charge is -2.13. The van der Waals surface area contributed by atoms with E-state index >= 15 is 0 Å². The Balaban J connectivity index is 4.40. The van der Waals surface area contributed by atoms with Crippen molar-refractivity contribution in [3.8, 4) is 0 Å². The van der Waals surface area contributed by atoms with Crippen LogP contribution in [0.1, 0.15) is 0 Å².